The molecule has 26 heavy (non-hydrogen) atoms. The molecule has 2 amide bonds. The lowest BCUT2D eigenvalue weighted by molar-refractivity contribution is -0.120. The van der Waals surface area contributed by atoms with Crippen LogP contribution in [0, 0.1) is 0 Å². The van der Waals surface area contributed by atoms with E-state index in [1.165, 1.54) is 0 Å². The molecule has 3 aromatic carbocycles. The molecule has 1 N–H and O–H groups in total. The first-order valence-corrected chi connectivity index (χ1v) is 8.87. The Morgan fingerprint density at radius 3 is 2.65 bits per heavy atom. The smallest absolute Gasteiger partial charge is 0.254 e. The van der Waals surface area contributed by atoms with E-state index in [9.17, 15) is 9.59 Å². The summed E-state index contributed by atoms with van der Waals surface area (Å²) in [6.45, 7) is 1.02. The van der Waals surface area contributed by atoms with Crippen molar-refractivity contribution in [3.8, 4) is 0 Å². The summed E-state index contributed by atoms with van der Waals surface area (Å²) in [5.74, 6) is 0.00257. The molecule has 0 aromatic heterocycles. The number of carbonyl (C=O) groups is 2. The molecule has 5 rings (SSSR count). The van der Waals surface area contributed by atoms with Crippen LogP contribution in [0.15, 0.2) is 66.7 Å². The van der Waals surface area contributed by atoms with E-state index in [4.69, 9.17) is 0 Å². The second kappa shape index (κ2) is 5.43. The van der Waals surface area contributed by atoms with Crippen molar-refractivity contribution in [2.75, 3.05) is 18.4 Å². The average Bonchev–Trinajstić information content (AvgIpc) is 3.24. The van der Waals surface area contributed by atoms with Gasteiger partial charge in [-0.3, -0.25) is 9.59 Å². The minimum Gasteiger partial charge on any atom is -0.337 e. The van der Waals surface area contributed by atoms with Crippen LogP contribution in [0.25, 0.3) is 10.8 Å². The third-order valence-corrected chi connectivity index (χ3v) is 5.70. The predicted octanol–water partition coefficient (Wildman–Crippen LogP) is 3.58. The number of hydrogen-bond donors (Lipinski definition) is 1. The van der Waals surface area contributed by atoms with Crippen molar-refractivity contribution in [3.63, 3.8) is 0 Å². The number of amides is 2. The second-order valence-corrected chi connectivity index (χ2v) is 7.09. The van der Waals surface area contributed by atoms with Gasteiger partial charge in [-0.1, -0.05) is 54.6 Å². The van der Waals surface area contributed by atoms with Gasteiger partial charge in [0.2, 0.25) is 5.91 Å². The highest BCUT2D eigenvalue weighted by atomic mass is 16.2. The van der Waals surface area contributed by atoms with Crippen molar-refractivity contribution in [3.05, 3.63) is 77.9 Å². The van der Waals surface area contributed by atoms with Gasteiger partial charge in [-0.2, -0.15) is 0 Å². The average molecular weight is 342 g/mol. The second-order valence-electron chi connectivity index (χ2n) is 7.09. The molecule has 3 aromatic rings. The summed E-state index contributed by atoms with van der Waals surface area (Å²) in [5.41, 5.74) is 1.97. The van der Waals surface area contributed by atoms with Gasteiger partial charge in [-0.25, -0.2) is 0 Å². The number of benzene rings is 3. The third-order valence-electron chi connectivity index (χ3n) is 5.70. The van der Waals surface area contributed by atoms with Crippen LogP contribution in [-0.4, -0.2) is 29.8 Å². The van der Waals surface area contributed by atoms with Gasteiger partial charge >= 0.3 is 0 Å². The molecule has 0 aliphatic carbocycles. The van der Waals surface area contributed by atoms with Crippen LogP contribution < -0.4 is 5.32 Å². The third kappa shape index (κ3) is 2.02. The van der Waals surface area contributed by atoms with Gasteiger partial charge < -0.3 is 10.2 Å². The first kappa shape index (κ1) is 15.1. The minimum atomic E-state index is -0.614. The summed E-state index contributed by atoms with van der Waals surface area (Å²) in [4.78, 5) is 27.8. The molecule has 0 saturated carbocycles. The lowest BCUT2D eigenvalue weighted by atomic mass is 9.81. The van der Waals surface area contributed by atoms with Crippen LogP contribution in [0.3, 0.4) is 0 Å². The Kier molecular flexibility index (Phi) is 3.16. The van der Waals surface area contributed by atoms with E-state index in [1.807, 2.05) is 71.6 Å². The van der Waals surface area contributed by atoms with Crippen LogP contribution in [0.2, 0.25) is 0 Å². The predicted molar refractivity (Wildman–Crippen MR) is 101 cm³/mol. The van der Waals surface area contributed by atoms with Gasteiger partial charge in [0.05, 0.1) is 5.41 Å². The van der Waals surface area contributed by atoms with Crippen molar-refractivity contribution in [1.82, 2.24) is 4.90 Å². The summed E-state index contributed by atoms with van der Waals surface area (Å²) in [5, 5.41) is 4.99. The number of para-hydroxylation sites is 1. The Balaban J connectivity index is 1.52. The zero-order valence-corrected chi connectivity index (χ0v) is 14.2. The fraction of sp³-hybridized carbons (Fsp3) is 0.182. The standard InChI is InChI=1S/C22H18N2O2/c25-20(17-9-5-7-15-6-1-2-8-16(15)17)24-13-12-22(14-24)18-10-3-4-11-19(18)23-21(22)26/h1-11H,12-14H2,(H,23,26). The summed E-state index contributed by atoms with van der Waals surface area (Å²) >= 11 is 0. The molecule has 0 bridgehead atoms. The SMILES string of the molecule is O=C(c1cccc2ccccc12)N1CCC2(C1)C(=O)Nc1ccccc12. The zero-order valence-electron chi connectivity index (χ0n) is 14.2. The highest BCUT2D eigenvalue weighted by Crippen LogP contribution is 2.44. The van der Waals surface area contributed by atoms with Crippen molar-refractivity contribution >= 4 is 28.3 Å². The van der Waals surface area contributed by atoms with E-state index >= 15 is 0 Å². The molecule has 1 atom stereocenters. The number of hydrogen-bond acceptors (Lipinski definition) is 2. The van der Waals surface area contributed by atoms with Gasteiger partial charge in [0.25, 0.3) is 5.91 Å². The highest BCUT2D eigenvalue weighted by Gasteiger charge is 2.52. The maximum absolute atomic E-state index is 13.2. The Hall–Kier alpha value is -3.14. The monoisotopic (exact) mass is 342 g/mol. The molecule has 0 radical (unpaired) electrons. The maximum Gasteiger partial charge on any atom is 0.254 e. The molecule has 2 heterocycles. The molecule has 1 fully saturated rings. The fourth-order valence-electron chi connectivity index (χ4n) is 4.34. The van der Waals surface area contributed by atoms with E-state index in [0.29, 0.717) is 25.1 Å². The number of fused-ring (bicyclic) bond motifs is 3. The number of anilines is 1. The van der Waals surface area contributed by atoms with Crippen molar-refractivity contribution in [2.24, 2.45) is 0 Å². The summed E-state index contributed by atoms with van der Waals surface area (Å²) in [6.07, 6.45) is 0.659. The maximum atomic E-state index is 13.2. The van der Waals surface area contributed by atoms with E-state index in [0.717, 1.165) is 22.0 Å². The summed E-state index contributed by atoms with van der Waals surface area (Å²) in [7, 11) is 0. The Bertz CT molecular complexity index is 1050. The van der Waals surface area contributed by atoms with E-state index < -0.39 is 5.41 Å². The van der Waals surface area contributed by atoms with Crippen LogP contribution in [-0.2, 0) is 10.2 Å². The topological polar surface area (TPSA) is 49.4 Å². The summed E-state index contributed by atoms with van der Waals surface area (Å²) < 4.78 is 0. The lowest BCUT2D eigenvalue weighted by Gasteiger charge is -2.23. The van der Waals surface area contributed by atoms with Crippen molar-refractivity contribution in [1.29, 1.82) is 0 Å². The van der Waals surface area contributed by atoms with Gasteiger partial charge in [-0.15, -0.1) is 0 Å². The Labute approximate surface area is 151 Å². The van der Waals surface area contributed by atoms with Gasteiger partial charge in [0.15, 0.2) is 0 Å². The Morgan fingerprint density at radius 1 is 0.962 bits per heavy atom. The van der Waals surface area contributed by atoms with Gasteiger partial charge in [-0.05, 0) is 34.9 Å². The molecular weight excluding hydrogens is 324 g/mol. The van der Waals surface area contributed by atoms with Crippen molar-refractivity contribution in [2.45, 2.75) is 11.8 Å². The quantitative estimate of drug-likeness (QED) is 0.735. The largest absolute Gasteiger partial charge is 0.337 e. The number of rotatable bonds is 1. The number of nitrogens with one attached hydrogen (secondary N) is 1. The molecule has 2 aliphatic rings. The molecule has 1 unspecified atom stereocenters. The first-order chi connectivity index (χ1) is 12.7. The van der Waals surface area contributed by atoms with Crippen LogP contribution in [0.1, 0.15) is 22.3 Å². The van der Waals surface area contributed by atoms with Gasteiger partial charge in [0, 0.05) is 24.3 Å². The molecule has 4 heteroatoms. The minimum absolute atomic E-state index is 0.00384. The number of carbonyl (C=O) groups excluding carboxylic acids is 2. The van der Waals surface area contributed by atoms with E-state index in [-0.39, 0.29) is 11.8 Å². The fourth-order valence-corrected chi connectivity index (χ4v) is 4.34. The molecular formula is C22H18N2O2. The van der Waals surface area contributed by atoms with Crippen LogP contribution in [0.5, 0.6) is 0 Å². The Morgan fingerprint density at radius 2 is 1.73 bits per heavy atom. The molecule has 1 saturated heterocycles. The molecule has 128 valence electrons. The van der Waals surface area contributed by atoms with Gasteiger partial charge in [0.1, 0.15) is 0 Å². The van der Waals surface area contributed by atoms with Crippen molar-refractivity contribution < 1.29 is 9.59 Å². The van der Waals surface area contributed by atoms with Crippen LogP contribution >= 0.6 is 0 Å². The highest BCUT2D eigenvalue weighted by molar-refractivity contribution is 6.10. The number of nitrogens with zero attached hydrogens (tertiary/aromatic N) is 1. The van der Waals surface area contributed by atoms with E-state index in [1.54, 1.807) is 0 Å². The normalized spacial score (nSPS) is 21.2. The van der Waals surface area contributed by atoms with E-state index in [2.05, 4.69) is 5.32 Å². The van der Waals surface area contributed by atoms with Crippen LogP contribution in [0.4, 0.5) is 5.69 Å². The molecule has 2 aliphatic heterocycles. The zero-order chi connectivity index (χ0) is 17.7. The first-order valence-electron chi connectivity index (χ1n) is 8.87. The molecule has 4 nitrogen and oxygen atoms in total. The lowest BCUT2D eigenvalue weighted by Crippen LogP contribution is -2.39. The number of likely N-dealkylation sites (tertiary alicyclic amines) is 1. The molecule has 1 spiro atoms. The summed E-state index contributed by atoms with van der Waals surface area (Å²) in [6, 6.07) is 21.5.